The van der Waals surface area contributed by atoms with Gasteiger partial charge >= 0.3 is 12.2 Å². The summed E-state index contributed by atoms with van der Waals surface area (Å²) in [5, 5.41) is 12.7. The van der Waals surface area contributed by atoms with Crippen molar-refractivity contribution < 1.29 is 27.1 Å². The van der Waals surface area contributed by atoms with Crippen LogP contribution in [0, 0.1) is 0 Å². The first kappa shape index (κ1) is 22.8. The number of nitrogens with zero attached hydrogens (tertiary/aromatic N) is 2. The Morgan fingerprint density at radius 3 is 2.44 bits per heavy atom. The van der Waals surface area contributed by atoms with Gasteiger partial charge in [0.2, 0.25) is 11.8 Å². The van der Waals surface area contributed by atoms with Crippen LogP contribution in [-0.4, -0.2) is 22.6 Å². The van der Waals surface area contributed by atoms with Crippen LogP contribution < -0.4 is 15.4 Å². The van der Waals surface area contributed by atoms with E-state index in [1.54, 1.807) is 24.3 Å². The highest BCUT2D eigenvalue weighted by Crippen LogP contribution is 2.30. The van der Waals surface area contributed by atoms with Gasteiger partial charge in [-0.1, -0.05) is 41.5 Å². The van der Waals surface area contributed by atoms with E-state index in [1.807, 2.05) is 30.3 Å². The largest absolute Gasteiger partial charge is 0.489 e. The zero-order valence-corrected chi connectivity index (χ0v) is 17.7. The highest BCUT2D eigenvalue weighted by Gasteiger charge is 2.30. The van der Waals surface area contributed by atoms with Gasteiger partial charge < -0.3 is 14.5 Å². The quantitative estimate of drug-likeness (QED) is 0.361. The standard InChI is InChI=1S/C24H19F3N4O3/c25-24(26,27)18-7-4-8-19(13-18)28-14-21(32)29-23-31-30-22(34-23)17-9-11-20(12-10-17)33-15-16-5-2-1-3-6-16/h1-13,28H,14-15H2,(H,29,31,32). The van der Waals surface area contributed by atoms with Crippen molar-refractivity contribution in [3.8, 4) is 17.2 Å². The first-order chi connectivity index (χ1) is 16.4. The maximum absolute atomic E-state index is 12.8. The molecule has 0 spiro atoms. The van der Waals surface area contributed by atoms with Gasteiger partial charge in [-0.3, -0.25) is 10.1 Å². The van der Waals surface area contributed by atoms with Crippen molar-refractivity contribution in [3.63, 3.8) is 0 Å². The summed E-state index contributed by atoms with van der Waals surface area (Å²) in [6.45, 7) is 0.151. The van der Waals surface area contributed by atoms with E-state index >= 15 is 0 Å². The molecule has 1 aromatic heterocycles. The van der Waals surface area contributed by atoms with E-state index in [-0.39, 0.29) is 24.1 Å². The van der Waals surface area contributed by atoms with Crippen molar-refractivity contribution in [1.29, 1.82) is 0 Å². The van der Waals surface area contributed by atoms with Crippen LogP contribution in [0.15, 0.2) is 83.3 Å². The predicted octanol–water partition coefficient (Wildman–Crippen LogP) is 5.39. The summed E-state index contributed by atoms with van der Waals surface area (Å²) in [4.78, 5) is 12.1. The van der Waals surface area contributed by atoms with Gasteiger partial charge in [-0.15, -0.1) is 5.10 Å². The van der Waals surface area contributed by atoms with Gasteiger partial charge in [0.1, 0.15) is 12.4 Å². The molecule has 1 heterocycles. The molecule has 4 aromatic rings. The van der Waals surface area contributed by atoms with E-state index < -0.39 is 17.6 Å². The Labute approximate surface area is 192 Å². The van der Waals surface area contributed by atoms with E-state index in [1.165, 1.54) is 12.1 Å². The van der Waals surface area contributed by atoms with Gasteiger partial charge in [-0.25, -0.2) is 0 Å². The smallest absolute Gasteiger partial charge is 0.416 e. The maximum atomic E-state index is 12.8. The molecular weight excluding hydrogens is 449 g/mol. The fourth-order valence-electron chi connectivity index (χ4n) is 2.98. The molecule has 7 nitrogen and oxygen atoms in total. The molecule has 4 rings (SSSR count). The third-order valence-corrected chi connectivity index (χ3v) is 4.66. The number of amides is 1. The van der Waals surface area contributed by atoms with Gasteiger partial charge in [0.25, 0.3) is 0 Å². The summed E-state index contributed by atoms with van der Waals surface area (Å²) in [6.07, 6.45) is -4.47. The molecule has 0 radical (unpaired) electrons. The van der Waals surface area contributed by atoms with E-state index in [0.29, 0.717) is 17.9 Å². The monoisotopic (exact) mass is 468 g/mol. The van der Waals surface area contributed by atoms with Crippen LogP contribution in [0.2, 0.25) is 0 Å². The van der Waals surface area contributed by atoms with E-state index in [4.69, 9.17) is 9.15 Å². The van der Waals surface area contributed by atoms with Gasteiger partial charge in [0.05, 0.1) is 12.1 Å². The summed E-state index contributed by atoms with van der Waals surface area (Å²) < 4.78 is 49.5. The van der Waals surface area contributed by atoms with Crippen molar-refractivity contribution in [3.05, 3.63) is 90.0 Å². The summed E-state index contributed by atoms with van der Waals surface area (Å²) in [6, 6.07) is 21.2. The number of carbonyl (C=O) groups excluding carboxylic acids is 1. The SMILES string of the molecule is O=C(CNc1cccc(C(F)(F)F)c1)Nc1nnc(-c2ccc(OCc3ccccc3)cc2)o1. The number of alkyl halides is 3. The molecule has 0 saturated heterocycles. The zero-order chi connectivity index (χ0) is 24.0. The number of ether oxygens (including phenoxy) is 1. The summed E-state index contributed by atoms with van der Waals surface area (Å²) in [7, 11) is 0. The minimum atomic E-state index is -4.47. The number of halogens is 3. The molecule has 0 aliphatic heterocycles. The minimum Gasteiger partial charge on any atom is -0.489 e. The second-order valence-electron chi connectivity index (χ2n) is 7.19. The summed E-state index contributed by atoms with van der Waals surface area (Å²) in [5.41, 5.74) is 1.02. The van der Waals surface area contributed by atoms with Gasteiger partial charge in [-0.2, -0.15) is 13.2 Å². The molecule has 34 heavy (non-hydrogen) atoms. The molecule has 0 bridgehead atoms. The molecule has 0 aliphatic carbocycles. The Hall–Kier alpha value is -4.34. The van der Waals surface area contributed by atoms with Crippen LogP contribution in [0.3, 0.4) is 0 Å². The number of hydrogen-bond donors (Lipinski definition) is 2. The number of hydrogen-bond acceptors (Lipinski definition) is 6. The predicted molar refractivity (Wildman–Crippen MR) is 119 cm³/mol. The van der Waals surface area contributed by atoms with Crippen LogP contribution in [0.4, 0.5) is 24.9 Å². The third kappa shape index (κ3) is 6.12. The normalized spacial score (nSPS) is 11.1. The molecule has 174 valence electrons. The Morgan fingerprint density at radius 2 is 1.71 bits per heavy atom. The molecular formula is C24H19F3N4O3. The average molecular weight is 468 g/mol. The summed E-state index contributed by atoms with van der Waals surface area (Å²) >= 11 is 0. The second-order valence-corrected chi connectivity index (χ2v) is 7.19. The maximum Gasteiger partial charge on any atom is 0.416 e. The Morgan fingerprint density at radius 1 is 0.941 bits per heavy atom. The lowest BCUT2D eigenvalue weighted by molar-refractivity contribution is -0.137. The van der Waals surface area contributed by atoms with Gasteiger partial charge in [0, 0.05) is 11.3 Å². The molecule has 0 aliphatic rings. The first-order valence-electron chi connectivity index (χ1n) is 10.2. The number of benzene rings is 3. The topological polar surface area (TPSA) is 89.3 Å². The van der Waals surface area contributed by atoms with Gasteiger partial charge in [-0.05, 0) is 48.0 Å². The number of aromatic nitrogens is 2. The lowest BCUT2D eigenvalue weighted by atomic mass is 10.2. The third-order valence-electron chi connectivity index (χ3n) is 4.66. The Bertz CT molecular complexity index is 1240. The number of anilines is 2. The molecule has 3 aromatic carbocycles. The van der Waals surface area contributed by atoms with E-state index in [2.05, 4.69) is 20.8 Å². The van der Waals surface area contributed by atoms with Crippen molar-refractivity contribution in [1.82, 2.24) is 10.2 Å². The molecule has 10 heteroatoms. The number of nitrogens with one attached hydrogen (secondary N) is 2. The summed E-state index contributed by atoms with van der Waals surface area (Å²) in [5.74, 6) is 0.300. The fraction of sp³-hybridized carbons (Fsp3) is 0.125. The average Bonchev–Trinajstić information content (AvgIpc) is 3.30. The van der Waals surface area contributed by atoms with Gasteiger partial charge in [0.15, 0.2) is 0 Å². The van der Waals surface area contributed by atoms with E-state index in [0.717, 1.165) is 17.7 Å². The van der Waals surface area contributed by atoms with Crippen LogP contribution in [0.5, 0.6) is 5.75 Å². The molecule has 0 atom stereocenters. The van der Waals surface area contributed by atoms with Crippen LogP contribution in [0.25, 0.3) is 11.5 Å². The fourth-order valence-corrected chi connectivity index (χ4v) is 2.98. The molecule has 2 N–H and O–H groups in total. The molecule has 0 unspecified atom stereocenters. The Kier molecular flexibility index (Phi) is 6.77. The molecule has 0 saturated carbocycles. The van der Waals surface area contributed by atoms with E-state index in [9.17, 15) is 18.0 Å². The minimum absolute atomic E-state index is 0.129. The van der Waals surface area contributed by atoms with Crippen molar-refractivity contribution in [2.75, 3.05) is 17.2 Å². The lowest BCUT2D eigenvalue weighted by Crippen LogP contribution is -2.22. The zero-order valence-electron chi connectivity index (χ0n) is 17.7. The molecule has 1 amide bonds. The van der Waals surface area contributed by atoms with Crippen LogP contribution in [-0.2, 0) is 17.6 Å². The van der Waals surface area contributed by atoms with Crippen molar-refractivity contribution >= 4 is 17.6 Å². The highest BCUT2D eigenvalue weighted by atomic mass is 19.4. The second kappa shape index (κ2) is 10.1. The van der Waals surface area contributed by atoms with Crippen molar-refractivity contribution in [2.24, 2.45) is 0 Å². The number of rotatable bonds is 8. The lowest BCUT2D eigenvalue weighted by Gasteiger charge is -2.10. The van der Waals surface area contributed by atoms with Crippen LogP contribution in [0.1, 0.15) is 11.1 Å². The highest BCUT2D eigenvalue weighted by molar-refractivity contribution is 5.92. The molecule has 0 fully saturated rings. The Balaban J connectivity index is 1.29. The van der Waals surface area contributed by atoms with Crippen molar-refractivity contribution in [2.45, 2.75) is 12.8 Å². The first-order valence-corrected chi connectivity index (χ1v) is 10.2. The van der Waals surface area contributed by atoms with Crippen LogP contribution >= 0.6 is 0 Å². The number of carbonyl (C=O) groups is 1.